The SMILES string of the molecule is CCOC(=O)C1=C(CN2CCN(S(=O)(=O)c3ccc(C)cc3)[C@@H](C)C2)N(CC)C(=O)N[C@@H]1c1ccc(Cl)cc1. The third-order valence-corrected chi connectivity index (χ3v) is 9.38. The van der Waals surface area contributed by atoms with E-state index in [0.717, 1.165) is 5.56 Å². The van der Waals surface area contributed by atoms with Crippen molar-refractivity contribution in [3.8, 4) is 0 Å². The number of urea groups is 1. The summed E-state index contributed by atoms with van der Waals surface area (Å²) in [7, 11) is -3.65. The van der Waals surface area contributed by atoms with Gasteiger partial charge in [-0.3, -0.25) is 9.80 Å². The topological polar surface area (TPSA) is 99.3 Å². The first-order chi connectivity index (χ1) is 18.6. The summed E-state index contributed by atoms with van der Waals surface area (Å²) >= 11 is 6.08. The smallest absolute Gasteiger partial charge is 0.338 e. The van der Waals surface area contributed by atoms with E-state index in [4.69, 9.17) is 16.3 Å². The first-order valence-electron chi connectivity index (χ1n) is 13.1. The lowest BCUT2D eigenvalue weighted by Crippen LogP contribution is -2.56. The first kappa shape index (κ1) is 29.1. The number of carbonyl (C=O) groups excluding carboxylic acids is 2. The molecule has 4 rings (SSSR count). The van der Waals surface area contributed by atoms with Crippen LogP contribution in [0.1, 0.15) is 37.9 Å². The number of carbonyl (C=O) groups is 2. The zero-order chi connectivity index (χ0) is 28.3. The zero-order valence-corrected chi connectivity index (χ0v) is 24.3. The summed E-state index contributed by atoms with van der Waals surface area (Å²) in [6.45, 7) is 9.39. The van der Waals surface area contributed by atoms with E-state index >= 15 is 0 Å². The Bertz CT molecular complexity index is 1350. The number of ether oxygens (including phenoxy) is 1. The highest BCUT2D eigenvalue weighted by molar-refractivity contribution is 7.89. The standard InChI is InChI=1S/C28H35ClN4O5S/c1-5-32-24(25(27(34)38-6-2)26(30-28(32)35)21-9-11-22(29)12-10-21)18-31-15-16-33(20(4)17-31)39(36,37)23-13-7-19(3)8-14-23/h7-14,20,26H,5-6,15-18H2,1-4H3,(H,30,35)/t20-,26+/m0/s1. The van der Waals surface area contributed by atoms with Crippen molar-refractivity contribution >= 4 is 33.6 Å². The van der Waals surface area contributed by atoms with Crippen LogP contribution in [0.25, 0.3) is 0 Å². The molecule has 2 atom stereocenters. The number of hydrogen-bond acceptors (Lipinski definition) is 6. The van der Waals surface area contributed by atoms with Crippen LogP contribution in [-0.4, -0.2) is 79.9 Å². The van der Waals surface area contributed by atoms with Crippen LogP contribution in [0.4, 0.5) is 4.79 Å². The molecule has 0 aliphatic carbocycles. The summed E-state index contributed by atoms with van der Waals surface area (Å²) < 4.78 is 33.7. The van der Waals surface area contributed by atoms with Crippen LogP contribution >= 0.6 is 11.6 Å². The third kappa shape index (κ3) is 6.14. The maximum absolute atomic E-state index is 13.4. The minimum Gasteiger partial charge on any atom is -0.463 e. The van der Waals surface area contributed by atoms with Gasteiger partial charge in [-0.05, 0) is 57.5 Å². The molecule has 2 aromatic rings. The van der Waals surface area contributed by atoms with Crippen molar-refractivity contribution in [1.82, 2.24) is 19.4 Å². The van der Waals surface area contributed by atoms with Crippen LogP contribution in [0.2, 0.25) is 5.02 Å². The molecule has 1 saturated heterocycles. The molecule has 39 heavy (non-hydrogen) atoms. The van der Waals surface area contributed by atoms with Crippen molar-refractivity contribution < 1.29 is 22.7 Å². The second-order valence-electron chi connectivity index (χ2n) is 9.77. The number of rotatable bonds is 8. The highest BCUT2D eigenvalue weighted by Gasteiger charge is 2.40. The van der Waals surface area contributed by atoms with Crippen LogP contribution in [-0.2, 0) is 19.6 Å². The van der Waals surface area contributed by atoms with Crippen molar-refractivity contribution in [3.05, 3.63) is 76.0 Å². The number of likely N-dealkylation sites (N-methyl/N-ethyl adjacent to an activating group) is 1. The van der Waals surface area contributed by atoms with Crippen LogP contribution in [0.3, 0.4) is 0 Å². The van der Waals surface area contributed by atoms with E-state index in [9.17, 15) is 18.0 Å². The molecular weight excluding hydrogens is 540 g/mol. The molecular formula is C28H35ClN4O5S. The van der Waals surface area contributed by atoms with Gasteiger partial charge >= 0.3 is 12.0 Å². The predicted octanol–water partition coefficient (Wildman–Crippen LogP) is 3.95. The molecule has 0 radical (unpaired) electrons. The van der Waals surface area contributed by atoms with Crippen molar-refractivity contribution in [3.63, 3.8) is 0 Å². The van der Waals surface area contributed by atoms with E-state index in [2.05, 4.69) is 10.2 Å². The quantitative estimate of drug-likeness (QED) is 0.479. The number of nitrogens with zero attached hydrogens (tertiary/aromatic N) is 3. The summed E-state index contributed by atoms with van der Waals surface area (Å²) in [5.41, 5.74) is 2.63. The number of halogens is 1. The van der Waals surface area contributed by atoms with Crippen LogP contribution in [0.15, 0.2) is 64.7 Å². The molecule has 2 amide bonds. The molecule has 1 N–H and O–H groups in total. The molecule has 2 heterocycles. The zero-order valence-electron chi connectivity index (χ0n) is 22.7. The molecule has 0 saturated carbocycles. The fourth-order valence-electron chi connectivity index (χ4n) is 5.14. The molecule has 9 nitrogen and oxygen atoms in total. The minimum absolute atomic E-state index is 0.190. The molecule has 1 fully saturated rings. The Labute approximate surface area is 235 Å². The Hall–Kier alpha value is -2.92. The van der Waals surface area contributed by atoms with Crippen molar-refractivity contribution in [1.29, 1.82) is 0 Å². The van der Waals surface area contributed by atoms with Gasteiger partial charge in [0.1, 0.15) is 0 Å². The normalized spacial score (nSPS) is 21.2. The summed E-state index contributed by atoms with van der Waals surface area (Å²) in [5, 5.41) is 3.49. The van der Waals surface area contributed by atoms with Gasteiger partial charge in [0.25, 0.3) is 0 Å². The van der Waals surface area contributed by atoms with E-state index in [1.807, 2.05) is 20.8 Å². The molecule has 2 aliphatic heterocycles. The molecule has 2 aromatic carbocycles. The molecule has 0 unspecified atom stereocenters. The number of piperazine rings is 1. The Morgan fingerprint density at radius 1 is 1.08 bits per heavy atom. The second-order valence-corrected chi connectivity index (χ2v) is 12.1. The van der Waals surface area contributed by atoms with Gasteiger partial charge in [0.05, 0.1) is 23.1 Å². The van der Waals surface area contributed by atoms with Gasteiger partial charge in [-0.1, -0.05) is 41.4 Å². The Kier molecular flexibility index (Phi) is 9.00. The Morgan fingerprint density at radius 3 is 2.33 bits per heavy atom. The highest BCUT2D eigenvalue weighted by atomic mass is 35.5. The van der Waals surface area contributed by atoms with Gasteiger partial charge < -0.3 is 10.1 Å². The molecule has 210 valence electrons. The maximum atomic E-state index is 13.4. The maximum Gasteiger partial charge on any atom is 0.338 e. The van der Waals surface area contributed by atoms with Crippen LogP contribution in [0.5, 0.6) is 0 Å². The van der Waals surface area contributed by atoms with Gasteiger partial charge in [-0.25, -0.2) is 18.0 Å². The fraction of sp³-hybridized carbons (Fsp3) is 0.429. The summed E-state index contributed by atoms with van der Waals surface area (Å²) in [5.74, 6) is -0.500. The monoisotopic (exact) mass is 574 g/mol. The summed E-state index contributed by atoms with van der Waals surface area (Å²) in [4.78, 5) is 30.4. The number of amides is 2. The van der Waals surface area contributed by atoms with E-state index in [0.29, 0.717) is 54.6 Å². The van der Waals surface area contributed by atoms with Crippen molar-refractivity contribution in [2.75, 3.05) is 39.3 Å². The van der Waals surface area contributed by atoms with E-state index in [1.165, 1.54) is 4.31 Å². The lowest BCUT2D eigenvalue weighted by molar-refractivity contribution is -0.139. The molecule has 0 spiro atoms. The molecule has 0 bridgehead atoms. The summed E-state index contributed by atoms with van der Waals surface area (Å²) in [6, 6.07) is 12.5. The van der Waals surface area contributed by atoms with Crippen molar-refractivity contribution in [2.24, 2.45) is 0 Å². The number of benzene rings is 2. The van der Waals surface area contributed by atoms with Gasteiger partial charge in [0.2, 0.25) is 10.0 Å². The van der Waals surface area contributed by atoms with Crippen molar-refractivity contribution in [2.45, 2.75) is 44.7 Å². The van der Waals surface area contributed by atoms with Gasteiger partial charge in [0, 0.05) is 49.5 Å². The Morgan fingerprint density at radius 2 is 1.74 bits per heavy atom. The fourth-order valence-corrected chi connectivity index (χ4v) is 6.88. The number of sulfonamides is 1. The second kappa shape index (κ2) is 12.1. The average molecular weight is 575 g/mol. The van der Waals surface area contributed by atoms with Crippen LogP contribution < -0.4 is 5.32 Å². The number of nitrogens with one attached hydrogen (secondary N) is 1. The van der Waals surface area contributed by atoms with E-state index in [-0.39, 0.29) is 23.6 Å². The summed E-state index contributed by atoms with van der Waals surface area (Å²) in [6.07, 6.45) is 0. The largest absolute Gasteiger partial charge is 0.463 e. The third-order valence-electron chi connectivity index (χ3n) is 7.10. The van der Waals surface area contributed by atoms with Gasteiger partial charge in [0.15, 0.2) is 0 Å². The lowest BCUT2D eigenvalue weighted by atomic mass is 9.94. The molecule has 11 heteroatoms. The van der Waals surface area contributed by atoms with Crippen LogP contribution in [0, 0.1) is 6.92 Å². The number of hydrogen-bond donors (Lipinski definition) is 1. The van der Waals surface area contributed by atoms with Gasteiger partial charge in [-0.15, -0.1) is 0 Å². The number of aryl methyl sites for hydroxylation is 1. The molecule has 0 aromatic heterocycles. The van der Waals surface area contributed by atoms with E-state index in [1.54, 1.807) is 60.4 Å². The molecule has 2 aliphatic rings. The van der Waals surface area contributed by atoms with E-state index < -0.39 is 22.0 Å². The van der Waals surface area contributed by atoms with Gasteiger partial charge in [-0.2, -0.15) is 4.31 Å². The minimum atomic E-state index is -3.65. The average Bonchev–Trinajstić information content (AvgIpc) is 2.89. The number of esters is 1. The Balaban J connectivity index is 1.64. The first-order valence-corrected chi connectivity index (χ1v) is 14.9. The lowest BCUT2D eigenvalue weighted by Gasteiger charge is -2.42. The highest BCUT2D eigenvalue weighted by Crippen LogP contribution is 2.33. The predicted molar refractivity (Wildman–Crippen MR) is 150 cm³/mol.